The van der Waals surface area contributed by atoms with Gasteiger partial charge in [-0.2, -0.15) is 0 Å². The molecule has 0 spiro atoms. The molecule has 3 N–H and O–H groups in total. The van der Waals surface area contributed by atoms with Gasteiger partial charge < -0.3 is 19.6 Å². The highest BCUT2D eigenvalue weighted by Crippen LogP contribution is 1.81. The van der Waals surface area contributed by atoms with Gasteiger partial charge in [0.05, 0.1) is 6.33 Å². The van der Waals surface area contributed by atoms with Crippen molar-refractivity contribution in [3.8, 4) is 0 Å². The van der Waals surface area contributed by atoms with E-state index in [4.69, 9.17) is 15.1 Å². The monoisotopic (exact) mass is 156 g/mol. The Bertz CT molecular complexity index is 185. The highest BCUT2D eigenvalue weighted by atomic mass is 16.5. The third-order valence-corrected chi connectivity index (χ3v) is 0.736. The molecule has 0 unspecified atom stereocenters. The van der Waals surface area contributed by atoms with Gasteiger partial charge in [-0.1, -0.05) is 6.58 Å². The van der Waals surface area contributed by atoms with E-state index in [1.165, 1.54) is 0 Å². The maximum Gasteiger partial charge on any atom is 0.631 e. The number of aromatic nitrogens is 2. The second-order valence-electron chi connectivity index (χ2n) is 1.54. The number of nitrogens with zero attached hydrogens (tertiary/aromatic N) is 2. The summed E-state index contributed by atoms with van der Waals surface area (Å²) in [5, 5.41) is 21.5. The van der Waals surface area contributed by atoms with Crippen LogP contribution >= 0.6 is 0 Å². The molecule has 0 aliphatic rings. The zero-order valence-corrected chi connectivity index (χ0v) is 5.83. The third kappa shape index (κ3) is 6.78. The minimum Gasteiger partial charge on any atom is -0.402 e. The van der Waals surface area contributed by atoms with Crippen molar-refractivity contribution >= 4 is 13.5 Å². The Morgan fingerprint density at radius 1 is 1.45 bits per heavy atom. The molecule has 0 aromatic carbocycles. The second-order valence-corrected chi connectivity index (χ2v) is 1.54. The molecule has 0 aliphatic heterocycles. The minimum absolute atomic E-state index is 1.69. The molecule has 5 nitrogen and oxygen atoms in total. The molecule has 1 heterocycles. The van der Waals surface area contributed by atoms with Gasteiger partial charge in [0, 0.05) is 18.6 Å². The first-order chi connectivity index (χ1) is 5.16. The summed E-state index contributed by atoms with van der Waals surface area (Å²) in [6.45, 7) is 3.53. The summed E-state index contributed by atoms with van der Waals surface area (Å²) >= 11 is 0. The fourth-order valence-corrected chi connectivity index (χ4v) is 0.377. The lowest BCUT2D eigenvalue weighted by Crippen LogP contribution is -2.07. The van der Waals surface area contributed by atoms with Crippen LogP contribution in [0.1, 0.15) is 0 Å². The van der Waals surface area contributed by atoms with Crippen LogP contribution in [0.25, 0.3) is 6.20 Å². The van der Waals surface area contributed by atoms with Crippen molar-refractivity contribution in [1.82, 2.24) is 9.55 Å². The zero-order valence-electron chi connectivity index (χ0n) is 5.83. The Hall–Kier alpha value is -1.11. The summed E-state index contributed by atoms with van der Waals surface area (Å²) in [6, 6.07) is 0. The molecule has 0 fully saturated rings. The number of rotatable bonds is 1. The minimum atomic E-state index is -2.17. The smallest absolute Gasteiger partial charge is 0.402 e. The van der Waals surface area contributed by atoms with E-state index in [1.54, 1.807) is 23.3 Å². The first-order valence-corrected chi connectivity index (χ1v) is 2.81. The molecule has 6 heteroatoms. The first-order valence-electron chi connectivity index (χ1n) is 2.81. The van der Waals surface area contributed by atoms with Crippen LogP contribution in [0.5, 0.6) is 0 Å². The quantitative estimate of drug-likeness (QED) is 0.452. The van der Waals surface area contributed by atoms with E-state index in [1.807, 2.05) is 6.20 Å². The largest absolute Gasteiger partial charge is 0.631 e. The molecule has 1 aromatic rings. The molecular formula is C5H9BN2O3. The molecular weight excluding hydrogens is 147 g/mol. The van der Waals surface area contributed by atoms with E-state index in [9.17, 15) is 0 Å². The van der Waals surface area contributed by atoms with Gasteiger partial charge in [-0.05, 0) is 0 Å². The molecule has 0 aliphatic carbocycles. The summed E-state index contributed by atoms with van der Waals surface area (Å²) in [5.41, 5.74) is 0. The number of imidazole rings is 1. The Balaban J connectivity index is 0.000000218. The van der Waals surface area contributed by atoms with Crippen molar-refractivity contribution in [2.24, 2.45) is 0 Å². The van der Waals surface area contributed by atoms with Gasteiger partial charge in [0.1, 0.15) is 0 Å². The van der Waals surface area contributed by atoms with E-state index in [-0.39, 0.29) is 0 Å². The van der Waals surface area contributed by atoms with Crippen molar-refractivity contribution in [2.45, 2.75) is 0 Å². The third-order valence-electron chi connectivity index (χ3n) is 0.736. The average Bonchev–Trinajstić information content (AvgIpc) is 2.36. The van der Waals surface area contributed by atoms with Crippen LogP contribution in [0.4, 0.5) is 0 Å². The topological polar surface area (TPSA) is 78.5 Å². The molecule has 60 valence electrons. The fourth-order valence-electron chi connectivity index (χ4n) is 0.377. The molecule has 0 radical (unpaired) electrons. The zero-order chi connectivity index (χ0) is 8.69. The van der Waals surface area contributed by atoms with E-state index in [2.05, 4.69) is 11.6 Å². The average molecular weight is 156 g/mol. The van der Waals surface area contributed by atoms with Crippen molar-refractivity contribution in [3.05, 3.63) is 25.3 Å². The highest BCUT2D eigenvalue weighted by Gasteiger charge is 1.92. The van der Waals surface area contributed by atoms with Crippen LogP contribution in [0.15, 0.2) is 25.3 Å². The van der Waals surface area contributed by atoms with Gasteiger partial charge in [0.2, 0.25) is 0 Å². The Kier molecular flexibility index (Phi) is 5.09. The molecule has 1 aromatic heterocycles. The van der Waals surface area contributed by atoms with Gasteiger partial charge in [-0.3, -0.25) is 0 Å². The van der Waals surface area contributed by atoms with Crippen LogP contribution in [-0.4, -0.2) is 31.9 Å². The van der Waals surface area contributed by atoms with Gasteiger partial charge in [0.25, 0.3) is 0 Å². The summed E-state index contributed by atoms with van der Waals surface area (Å²) < 4.78 is 1.78. The lowest BCUT2D eigenvalue weighted by atomic mass is 10.3. The molecule has 0 amide bonds. The van der Waals surface area contributed by atoms with E-state index < -0.39 is 7.32 Å². The summed E-state index contributed by atoms with van der Waals surface area (Å²) in [6.07, 6.45) is 6.91. The van der Waals surface area contributed by atoms with Crippen molar-refractivity contribution in [3.63, 3.8) is 0 Å². The lowest BCUT2D eigenvalue weighted by Gasteiger charge is -1.80. The summed E-state index contributed by atoms with van der Waals surface area (Å²) in [4.78, 5) is 3.78. The number of hydrogen-bond acceptors (Lipinski definition) is 4. The Labute approximate surface area is 64.4 Å². The van der Waals surface area contributed by atoms with E-state index in [0.717, 1.165) is 0 Å². The Morgan fingerprint density at radius 2 is 2.00 bits per heavy atom. The molecule has 1 rings (SSSR count). The molecule has 0 saturated carbocycles. The summed E-state index contributed by atoms with van der Waals surface area (Å²) in [7, 11) is -2.17. The van der Waals surface area contributed by atoms with Crippen molar-refractivity contribution in [2.75, 3.05) is 0 Å². The lowest BCUT2D eigenvalue weighted by molar-refractivity contribution is 0.278. The molecule has 0 saturated heterocycles. The van der Waals surface area contributed by atoms with Crippen LogP contribution in [0.3, 0.4) is 0 Å². The molecule has 0 atom stereocenters. The van der Waals surface area contributed by atoms with Crippen LogP contribution in [0, 0.1) is 0 Å². The fraction of sp³-hybridized carbons (Fsp3) is 0. The van der Waals surface area contributed by atoms with Gasteiger partial charge in [0.15, 0.2) is 0 Å². The Morgan fingerprint density at radius 3 is 2.18 bits per heavy atom. The highest BCUT2D eigenvalue weighted by molar-refractivity contribution is 6.30. The van der Waals surface area contributed by atoms with E-state index in [0.29, 0.717) is 0 Å². The standard InChI is InChI=1S/C5H6N2.BH3O3/c1-2-7-4-3-6-5-7;2-1(3)4/h2-5H,1H2;2-4H. The predicted molar refractivity (Wildman–Crippen MR) is 41.0 cm³/mol. The SMILES string of the molecule is C=Cn1ccnc1.OB(O)O. The van der Waals surface area contributed by atoms with Gasteiger partial charge in [-0.15, -0.1) is 0 Å². The number of hydrogen-bond donors (Lipinski definition) is 3. The van der Waals surface area contributed by atoms with Crippen LogP contribution in [0.2, 0.25) is 0 Å². The van der Waals surface area contributed by atoms with Crippen LogP contribution < -0.4 is 0 Å². The second kappa shape index (κ2) is 5.66. The van der Waals surface area contributed by atoms with Crippen LogP contribution in [-0.2, 0) is 0 Å². The molecule has 0 bridgehead atoms. The molecule has 11 heavy (non-hydrogen) atoms. The van der Waals surface area contributed by atoms with Gasteiger partial charge >= 0.3 is 7.32 Å². The van der Waals surface area contributed by atoms with E-state index >= 15 is 0 Å². The maximum absolute atomic E-state index is 7.17. The maximum atomic E-state index is 7.17. The normalized spacial score (nSPS) is 7.91. The van der Waals surface area contributed by atoms with Gasteiger partial charge in [-0.25, -0.2) is 4.98 Å². The summed E-state index contributed by atoms with van der Waals surface area (Å²) in [5.74, 6) is 0. The predicted octanol–water partition coefficient (Wildman–Crippen LogP) is -1.07. The first kappa shape index (κ1) is 9.89. The van der Waals surface area contributed by atoms with Crippen molar-refractivity contribution < 1.29 is 15.1 Å². The van der Waals surface area contributed by atoms with Crippen molar-refractivity contribution in [1.29, 1.82) is 0 Å².